The zero-order valence-electron chi connectivity index (χ0n) is 78.4. The Morgan fingerprint density at radius 3 is 1.11 bits per heavy atom. The fourth-order valence-electron chi connectivity index (χ4n) is 22.0. The molecule has 0 N–H and O–H groups in total. The molecule has 0 radical (unpaired) electrons. The van der Waals surface area contributed by atoms with E-state index in [9.17, 15) is 0 Å². The van der Waals surface area contributed by atoms with E-state index in [1.54, 1.807) is 0 Å². The van der Waals surface area contributed by atoms with Crippen LogP contribution < -0.4 is 0 Å². The van der Waals surface area contributed by atoms with Gasteiger partial charge in [0.25, 0.3) is 0 Å². The smallest absolute Gasteiger partial charge is 0.138 e. The minimum Gasteiger partial charge on any atom is -0.309 e. The van der Waals surface area contributed by atoms with Gasteiger partial charge in [-0.3, -0.25) is 4.57 Å². The van der Waals surface area contributed by atoms with Gasteiger partial charge in [0.1, 0.15) is 5.82 Å². The van der Waals surface area contributed by atoms with Gasteiger partial charge in [-0.2, -0.15) is 0 Å². The van der Waals surface area contributed by atoms with Crippen LogP contribution in [0.25, 0.3) is 271 Å². The van der Waals surface area contributed by atoms with Gasteiger partial charge < -0.3 is 13.7 Å². The molecule has 0 unspecified atom stereocenters. The van der Waals surface area contributed by atoms with Crippen molar-refractivity contribution in [1.82, 2.24) is 33.2 Å². The van der Waals surface area contributed by atoms with Gasteiger partial charge in [-0.05, 0) is 196 Å². The Morgan fingerprint density at radius 2 is 0.490 bits per heavy atom. The summed E-state index contributed by atoms with van der Waals surface area (Å²) in [6.45, 7) is 0. The number of fused-ring (bicyclic) bond motifs is 21. The lowest BCUT2D eigenvalue weighted by molar-refractivity contribution is 1.08. The quantitative estimate of drug-likeness (QED) is 0.116. The predicted molar refractivity (Wildman–Crippen MR) is 618 cm³/mol. The third-order valence-corrected chi connectivity index (χ3v) is 32.1. The van der Waals surface area contributed by atoms with Crippen molar-refractivity contribution >= 4 is 182 Å². The first-order chi connectivity index (χ1) is 71.9. The number of para-hydroxylation sites is 8. The SMILES string of the molecule is c1ccc(-c2cc(-c3ccc4sc5ccccc5c4c3)cc(-c3cccc4c5ccccc5n(-c5ccccc5)c34)n2)cc1.c1ccc(-c2ccc(-c3cc(-n4c5ccccc5c5cc6c(cc54)c4ccccc4n6-c4ccccc4)cc(-c4cccc5sc6ccccc6c45)n3)cc2)cc1.c1ccc(-c2cccc(-c3cc(-c4ccc5c(c4)sc4ccccc45)cc(-n4c5ccccc5c5ccccc54)n3)c2)cc1. The van der Waals surface area contributed by atoms with Gasteiger partial charge >= 0.3 is 0 Å². The Bertz CT molecular complexity index is 10300. The normalized spacial score (nSPS) is 11.7. The van der Waals surface area contributed by atoms with E-state index in [4.69, 9.17) is 15.0 Å². The average Bonchev–Trinajstić information content (AvgIpc) is 1.58. The van der Waals surface area contributed by atoms with E-state index < -0.39 is 0 Å². The highest BCUT2D eigenvalue weighted by molar-refractivity contribution is 7.26. The number of hydrogen-bond donors (Lipinski definition) is 0. The Hall–Kier alpha value is -18.3. The van der Waals surface area contributed by atoms with Crippen LogP contribution in [0.15, 0.2) is 516 Å². The topological polar surface area (TPSA) is 58.4 Å². The van der Waals surface area contributed by atoms with Gasteiger partial charge in [-0.15, -0.1) is 34.0 Å². The van der Waals surface area contributed by atoms with Crippen molar-refractivity contribution < 1.29 is 0 Å². The predicted octanol–water partition coefficient (Wildman–Crippen LogP) is 37.7. The van der Waals surface area contributed by atoms with Crippen molar-refractivity contribution in [3.05, 3.63) is 516 Å². The van der Waals surface area contributed by atoms with Gasteiger partial charge in [0, 0.05) is 143 Å². The van der Waals surface area contributed by atoms with E-state index in [1.807, 2.05) is 34.0 Å². The van der Waals surface area contributed by atoms with Crippen LogP contribution in [-0.2, 0) is 0 Å². The van der Waals surface area contributed by atoms with Crippen molar-refractivity contribution in [2.75, 3.05) is 0 Å². The molecule has 30 aromatic rings. The third kappa shape index (κ3) is 14.9. The maximum Gasteiger partial charge on any atom is 0.138 e. The molecular weight excluding hydrogens is 1820 g/mol. The monoisotopic (exact) mass is 1900 g/mol. The number of thiophene rings is 3. The average molecular weight is 1900 g/mol. The lowest BCUT2D eigenvalue weighted by Gasteiger charge is -2.14. The molecule has 10 aromatic heterocycles. The molecule has 0 amide bonds. The van der Waals surface area contributed by atoms with E-state index >= 15 is 0 Å². The summed E-state index contributed by atoms with van der Waals surface area (Å²) in [5.74, 6) is 0.913. The Kier molecular flexibility index (Phi) is 20.7. The number of hydrogen-bond acceptors (Lipinski definition) is 6. The summed E-state index contributed by atoms with van der Waals surface area (Å²) < 4.78 is 17.4. The zero-order valence-corrected chi connectivity index (χ0v) is 80.9. The van der Waals surface area contributed by atoms with Gasteiger partial charge in [0.05, 0.1) is 78.3 Å². The third-order valence-electron chi connectivity index (χ3n) is 28.7. The van der Waals surface area contributed by atoms with Crippen LogP contribution >= 0.6 is 34.0 Å². The molecule has 10 heteroatoms. The summed E-state index contributed by atoms with van der Waals surface area (Å²) in [6, 6.07) is 186. The second kappa shape index (κ2) is 35.5. The molecular formula is C135H85N7S3. The minimum absolute atomic E-state index is 0.913. The molecule has 0 aliphatic carbocycles. The molecule has 678 valence electrons. The molecule has 0 aliphatic rings. The molecule has 145 heavy (non-hydrogen) atoms. The first-order valence-electron chi connectivity index (χ1n) is 49.1. The molecule has 0 bridgehead atoms. The highest BCUT2D eigenvalue weighted by Gasteiger charge is 2.26. The largest absolute Gasteiger partial charge is 0.309 e. The van der Waals surface area contributed by atoms with Crippen LogP contribution in [0.5, 0.6) is 0 Å². The first kappa shape index (κ1) is 84.8. The van der Waals surface area contributed by atoms with Gasteiger partial charge in [0.2, 0.25) is 0 Å². The Morgan fingerprint density at radius 1 is 0.145 bits per heavy atom. The van der Waals surface area contributed by atoms with Crippen LogP contribution in [0.1, 0.15) is 0 Å². The number of nitrogens with zero attached hydrogens (tertiary/aromatic N) is 7. The molecule has 0 fully saturated rings. The minimum atomic E-state index is 0.913. The fraction of sp³-hybridized carbons (Fsp3) is 0. The summed E-state index contributed by atoms with van der Waals surface area (Å²) in [5, 5.41) is 17.6. The summed E-state index contributed by atoms with van der Waals surface area (Å²) in [4.78, 5) is 16.2. The van der Waals surface area contributed by atoms with Gasteiger partial charge in [0.15, 0.2) is 0 Å². The number of benzene rings is 20. The molecule has 0 spiro atoms. The highest BCUT2D eigenvalue weighted by Crippen LogP contribution is 2.49. The van der Waals surface area contributed by atoms with Crippen LogP contribution in [0, 0.1) is 0 Å². The summed E-state index contributed by atoms with van der Waals surface area (Å²) in [6.07, 6.45) is 0. The molecule has 20 aromatic carbocycles. The molecule has 7 nitrogen and oxygen atoms in total. The van der Waals surface area contributed by atoms with Crippen LogP contribution in [-0.4, -0.2) is 33.2 Å². The number of rotatable bonds is 13. The van der Waals surface area contributed by atoms with E-state index in [0.717, 1.165) is 107 Å². The first-order valence-corrected chi connectivity index (χ1v) is 51.6. The summed E-state index contributed by atoms with van der Waals surface area (Å²) in [7, 11) is 0. The zero-order chi connectivity index (χ0) is 95.5. The fourth-order valence-corrected chi connectivity index (χ4v) is 25.4. The van der Waals surface area contributed by atoms with E-state index in [0.29, 0.717) is 0 Å². The second-order valence-corrected chi connectivity index (χ2v) is 40.4. The Balaban J connectivity index is 0.000000107. The molecule has 0 atom stereocenters. The van der Waals surface area contributed by atoms with Crippen LogP contribution in [0.4, 0.5) is 0 Å². The molecule has 0 saturated heterocycles. The van der Waals surface area contributed by atoms with Gasteiger partial charge in [-0.25, -0.2) is 15.0 Å². The number of aromatic nitrogens is 7. The molecule has 10 heterocycles. The van der Waals surface area contributed by atoms with Crippen molar-refractivity contribution in [2.24, 2.45) is 0 Å². The summed E-state index contributed by atoms with van der Waals surface area (Å²) in [5.41, 5.74) is 32.5. The number of pyridine rings is 3. The van der Waals surface area contributed by atoms with Crippen molar-refractivity contribution in [3.8, 4) is 124 Å². The lowest BCUT2D eigenvalue weighted by Crippen LogP contribution is -2.00. The maximum atomic E-state index is 5.50. The molecule has 30 rings (SSSR count). The summed E-state index contributed by atoms with van der Waals surface area (Å²) >= 11 is 5.55. The molecule has 0 saturated carbocycles. The van der Waals surface area contributed by atoms with E-state index in [-0.39, 0.29) is 0 Å². The van der Waals surface area contributed by atoms with Crippen molar-refractivity contribution in [3.63, 3.8) is 0 Å². The van der Waals surface area contributed by atoms with Crippen molar-refractivity contribution in [2.45, 2.75) is 0 Å². The van der Waals surface area contributed by atoms with E-state index in [1.165, 1.54) is 165 Å². The second-order valence-electron chi connectivity index (χ2n) is 37.2. The van der Waals surface area contributed by atoms with Gasteiger partial charge in [-0.1, -0.05) is 364 Å². The Labute approximate surface area is 847 Å². The lowest BCUT2D eigenvalue weighted by atomic mass is 9.98. The standard InChI is InChI=1S/C53H33N3S.2C41H26N2S/c1-3-14-34(15-4-1)35-26-28-36(29-27-35)45-30-38(31-46(54-45)41-21-13-25-52-53(41)42-20-9-12-24-51(42)57-52)56-48-23-11-8-19-40(48)44-32-49-43(33-50(44)56)39-18-7-10-22-47(39)55(49)37-16-5-2-6-17-37;1-3-12-27(13-4-1)36-25-29(28-22-23-40-35(24-28)32-17-8-10-21-39(32)44-40)26-37(42-36)34-19-11-18-33-31-16-7-9-20-38(31)43(41(33)34)30-14-5-2-6-15-30;1-2-11-27(12-3-1)28-13-10-14-30(23-28)36-24-31(29-21-22-35-34-17-6-9-20-39(34)44-40(35)25-29)26-41(42-36)43-37-18-7-4-15-32(37)33-16-5-8-19-38(33)43/h1-33H;2*1-26H. The molecule has 0 aliphatic heterocycles. The van der Waals surface area contributed by atoms with E-state index in [2.05, 4.69) is 534 Å². The highest BCUT2D eigenvalue weighted by atomic mass is 32.1. The van der Waals surface area contributed by atoms with Crippen LogP contribution in [0.3, 0.4) is 0 Å². The van der Waals surface area contributed by atoms with Crippen molar-refractivity contribution in [1.29, 1.82) is 0 Å². The maximum absolute atomic E-state index is 5.50. The van der Waals surface area contributed by atoms with Crippen LogP contribution in [0.2, 0.25) is 0 Å².